The van der Waals surface area contributed by atoms with Gasteiger partial charge in [-0.05, 0) is 51.0 Å². The minimum absolute atomic E-state index is 0.0433. The van der Waals surface area contributed by atoms with E-state index >= 15 is 0 Å². The molecule has 1 saturated heterocycles. The largest absolute Gasteiger partial charge is 0.372 e. The zero-order valence-electron chi connectivity index (χ0n) is 16.1. The summed E-state index contributed by atoms with van der Waals surface area (Å²) >= 11 is 2.91. The second-order valence-corrected chi connectivity index (χ2v) is 9.54. The third-order valence-corrected chi connectivity index (χ3v) is 6.56. The number of ether oxygens (including phenoxy) is 1. The van der Waals surface area contributed by atoms with Gasteiger partial charge >= 0.3 is 0 Å². The van der Waals surface area contributed by atoms with Crippen molar-refractivity contribution in [2.45, 2.75) is 49.3 Å². The Kier molecular flexibility index (Phi) is 6.03. The van der Waals surface area contributed by atoms with Crippen LogP contribution in [0, 0.1) is 0 Å². The quantitative estimate of drug-likeness (QED) is 0.665. The first-order chi connectivity index (χ1) is 13.5. The van der Waals surface area contributed by atoms with Crippen molar-refractivity contribution in [1.82, 2.24) is 10.2 Å². The maximum atomic E-state index is 12.2. The van der Waals surface area contributed by atoms with Gasteiger partial charge in [0.05, 0.1) is 18.0 Å². The van der Waals surface area contributed by atoms with E-state index in [9.17, 15) is 4.79 Å². The first-order valence-electron chi connectivity index (χ1n) is 9.58. The minimum atomic E-state index is -0.0433. The number of carbonyl (C=O) groups is 1. The molecule has 2 unspecified atom stereocenters. The Labute approximate surface area is 173 Å². The van der Waals surface area contributed by atoms with Gasteiger partial charge in [0.1, 0.15) is 0 Å². The molecule has 7 nitrogen and oxygen atoms in total. The fourth-order valence-corrected chi connectivity index (χ4v) is 4.83. The maximum Gasteiger partial charge on any atom is 0.234 e. The molecule has 1 amide bonds. The Bertz CT molecular complexity index is 799. The molecular formula is C19H25N5O2S2. The zero-order chi connectivity index (χ0) is 19.5. The fourth-order valence-electron chi connectivity index (χ4n) is 3.20. The molecule has 2 fully saturated rings. The molecule has 2 N–H and O–H groups in total. The molecule has 1 saturated carbocycles. The SMILES string of the molecule is CC1CN(c2ccc(NC(=O)CSc3nnc(NC4CC4)s3)cc2)CC(C)O1. The van der Waals surface area contributed by atoms with E-state index in [-0.39, 0.29) is 18.1 Å². The van der Waals surface area contributed by atoms with E-state index < -0.39 is 0 Å². The number of nitrogens with one attached hydrogen (secondary N) is 2. The van der Waals surface area contributed by atoms with Gasteiger partial charge in [0.25, 0.3) is 0 Å². The summed E-state index contributed by atoms with van der Waals surface area (Å²) in [5, 5.41) is 15.3. The van der Waals surface area contributed by atoms with Gasteiger partial charge in [-0.25, -0.2) is 0 Å². The summed E-state index contributed by atoms with van der Waals surface area (Å²) < 4.78 is 6.60. The molecule has 1 aliphatic heterocycles. The normalized spacial score (nSPS) is 22.1. The molecule has 0 bridgehead atoms. The monoisotopic (exact) mass is 419 g/mol. The van der Waals surface area contributed by atoms with Crippen molar-refractivity contribution in [3.63, 3.8) is 0 Å². The molecular weight excluding hydrogens is 394 g/mol. The summed E-state index contributed by atoms with van der Waals surface area (Å²) in [5.74, 6) is 0.274. The number of hydrogen-bond acceptors (Lipinski definition) is 8. The number of rotatable bonds is 7. The highest BCUT2D eigenvalue weighted by Gasteiger charge is 2.23. The van der Waals surface area contributed by atoms with Gasteiger partial charge in [0.15, 0.2) is 4.34 Å². The van der Waals surface area contributed by atoms with Crippen molar-refractivity contribution in [1.29, 1.82) is 0 Å². The van der Waals surface area contributed by atoms with Crippen LogP contribution >= 0.6 is 23.1 Å². The highest BCUT2D eigenvalue weighted by atomic mass is 32.2. The van der Waals surface area contributed by atoms with Crippen molar-refractivity contribution in [2.24, 2.45) is 0 Å². The third kappa shape index (κ3) is 5.36. The number of aromatic nitrogens is 2. The van der Waals surface area contributed by atoms with Crippen LogP contribution in [0.1, 0.15) is 26.7 Å². The van der Waals surface area contributed by atoms with Crippen LogP contribution < -0.4 is 15.5 Å². The molecule has 4 rings (SSSR count). The van der Waals surface area contributed by atoms with Crippen LogP contribution in [-0.2, 0) is 9.53 Å². The Balaban J connectivity index is 1.25. The molecule has 1 aliphatic carbocycles. The summed E-state index contributed by atoms with van der Waals surface area (Å²) in [6.45, 7) is 5.95. The highest BCUT2D eigenvalue weighted by molar-refractivity contribution is 8.01. The third-order valence-electron chi connectivity index (χ3n) is 4.57. The lowest BCUT2D eigenvalue weighted by molar-refractivity contribution is -0.113. The smallest absolute Gasteiger partial charge is 0.234 e. The van der Waals surface area contributed by atoms with Crippen LogP contribution in [0.15, 0.2) is 28.6 Å². The van der Waals surface area contributed by atoms with Crippen molar-refractivity contribution < 1.29 is 9.53 Å². The predicted octanol–water partition coefficient (Wildman–Crippen LogP) is 3.46. The molecule has 150 valence electrons. The summed E-state index contributed by atoms with van der Waals surface area (Å²) in [6.07, 6.45) is 2.85. The summed E-state index contributed by atoms with van der Waals surface area (Å²) in [7, 11) is 0. The molecule has 2 heterocycles. The minimum Gasteiger partial charge on any atom is -0.372 e. The van der Waals surface area contributed by atoms with E-state index in [1.807, 2.05) is 24.3 Å². The van der Waals surface area contributed by atoms with Gasteiger partial charge in [-0.1, -0.05) is 23.1 Å². The lowest BCUT2D eigenvalue weighted by Crippen LogP contribution is -2.45. The van der Waals surface area contributed by atoms with Crippen molar-refractivity contribution in [2.75, 3.05) is 34.4 Å². The number of hydrogen-bond donors (Lipinski definition) is 2. The van der Waals surface area contributed by atoms with Gasteiger partial charge in [-0.2, -0.15) is 0 Å². The van der Waals surface area contributed by atoms with E-state index in [1.165, 1.54) is 35.9 Å². The van der Waals surface area contributed by atoms with Crippen LogP contribution in [0.5, 0.6) is 0 Å². The number of amides is 1. The number of nitrogens with zero attached hydrogens (tertiary/aromatic N) is 3. The molecule has 2 aromatic rings. The van der Waals surface area contributed by atoms with E-state index in [0.717, 1.165) is 33.9 Å². The molecule has 0 radical (unpaired) electrons. The van der Waals surface area contributed by atoms with Crippen molar-refractivity contribution in [3.05, 3.63) is 24.3 Å². The van der Waals surface area contributed by atoms with E-state index in [2.05, 4.69) is 39.6 Å². The van der Waals surface area contributed by atoms with Gasteiger partial charge in [-0.3, -0.25) is 4.79 Å². The fraction of sp³-hybridized carbons (Fsp3) is 0.526. The van der Waals surface area contributed by atoms with Crippen LogP contribution in [-0.4, -0.2) is 53.2 Å². The van der Waals surface area contributed by atoms with Gasteiger partial charge in [-0.15, -0.1) is 10.2 Å². The van der Waals surface area contributed by atoms with E-state index in [4.69, 9.17) is 4.74 Å². The van der Waals surface area contributed by atoms with Crippen molar-refractivity contribution >= 4 is 45.5 Å². The number of carbonyl (C=O) groups excluding carboxylic acids is 1. The number of morpholine rings is 1. The van der Waals surface area contributed by atoms with Gasteiger partial charge < -0.3 is 20.3 Å². The van der Waals surface area contributed by atoms with Crippen LogP contribution in [0.25, 0.3) is 0 Å². The molecule has 9 heteroatoms. The lowest BCUT2D eigenvalue weighted by atomic mass is 10.2. The highest BCUT2D eigenvalue weighted by Crippen LogP contribution is 2.30. The van der Waals surface area contributed by atoms with E-state index in [0.29, 0.717) is 11.8 Å². The molecule has 2 aliphatic rings. The van der Waals surface area contributed by atoms with E-state index in [1.54, 1.807) is 0 Å². The molecule has 1 aromatic carbocycles. The average molecular weight is 420 g/mol. The zero-order valence-corrected chi connectivity index (χ0v) is 17.7. The number of anilines is 3. The summed E-state index contributed by atoms with van der Waals surface area (Å²) in [6, 6.07) is 8.56. The van der Waals surface area contributed by atoms with Crippen LogP contribution in [0.3, 0.4) is 0 Å². The van der Waals surface area contributed by atoms with Crippen molar-refractivity contribution in [3.8, 4) is 0 Å². The summed E-state index contributed by atoms with van der Waals surface area (Å²) in [5.41, 5.74) is 1.95. The number of thioether (sulfide) groups is 1. The Morgan fingerprint density at radius 1 is 1.21 bits per heavy atom. The van der Waals surface area contributed by atoms with Gasteiger partial charge in [0, 0.05) is 30.5 Å². The molecule has 0 spiro atoms. The topological polar surface area (TPSA) is 79.4 Å². The first-order valence-corrected chi connectivity index (χ1v) is 11.4. The standard InChI is InChI=1S/C19H25N5O2S2/c1-12-9-24(10-13(2)26-12)16-7-5-14(6-8-16)20-17(25)11-27-19-23-22-18(28-19)21-15-3-4-15/h5-8,12-13,15H,3-4,9-11H2,1-2H3,(H,20,25)(H,21,22). The lowest BCUT2D eigenvalue weighted by Gasteiger charge is -2.36. The second kappa shape index (κ2) is 8.67. The molecule has 2 atom stereocenters. The average Bonchev–Trinajstić information content (AvgIpc) is 3.36. The second-order valence-electron chi connectivity index (χ2n) is 7.34. The summed E-state index contributed by atoms with van der Waals surface area (Å²) in [4.78, 5) is 14.6. The predicted molar refractivity (Wildman–Crippen MR) is 115 cm³/mol. The Hall–Kier alpha value is -1.84. The molecule has 1 aromatic heterocycles. The Morgan fingerprint density at radius 2 is 1.93 bits per heavy atom. The maximum absolute atomic E-state index is 12.2. The Morgan fingerprint density at radius 3 is 2.61 bits per heavy atom. The molecule has 28 heavy (non-hydrogen) atoms. The van der Waals surface area contributed by atoms with Crippen LogP contribution in [0.4, 0.5) is 16.5 Å². The first kappa shape index (κ1) is 19.5. The number of benzene rings is 1. The van der Waals surface area contributed by atoms with Gasteiger partial charge in [0.2, 0.25) is 11.0 Å². The van der Waals surface area contributed by atoms with Crippen LogP contribution in [0.2, 0.25) is 0 Å².